The number of thiophene rings is 1. The second-order valence-electron chi connectivity index (χ2n) is 4.48. The molecule has 0 aliphatic rings. The van der Waals surface area contributed by atoms with E-state index >= 15 is 0 Å². The maximum Gasteiger partial charge on any atom is 0.0724 e. The Morgan fingerprint density at radius 2 is 2.16 bits per heavy atom. The lowest BCUT2D eigenvalue weighted by Gasteiger charge is -2.11. The lowest BCUT2D eigenvalue weighted by Crippen LogP contribution is -2.02. The number of aryl methyl sites for hydroxylation is 1. The first-order valence-corrected chi connectivity index (χ1v) is 7.04. The number of fused-ring (bicyclic) bond motifs is 1. The predicted octanol–water partition coefficient (Wildman–Crippen LogP) is 3.80. The number of hydrogen-bond donors (Lipinski definition) is 2. The fourth-order valence-corrected chi connectivity index (χ4v) is 2.94. The van der Waals surface area contributed by atoms with Gasteiger partial charge in [-0.2, -0.15) is 0 Å². The number of hydrogen-bond acceptors (Lipinski definition) is 4. The largest absolute Gasteiger partial charge is 0.397 e. The first kappa shape index (κ1) is 12.0. The van der Waals surface area contributed by atoms with Gasteiger partial charge in [-0.3, -0.25) is 4.98 Å². The van der Waals surface area contributed by atoms with Gasteiger partial charge in [-0.1, -0.05) is 0 Å². The Morgan fingerprint density at radius 1 is 1.26 bits per heavy atom. The maximum atomic E-state index is 6.20. The van der Waals surface area contributed by atoms with E-state index in [1.165, 1.54) is 10.4 Å². The number of pyridine rings is 1. The van der Waals surface area contributed by atoms with Crippen molar-refractivity contribution in [3.8, 4) is 0 Å². The van der Waals surface area contributed by atoms with Gasteiger partial charge in [-0.05, 0) is 48.2 Å². The van der Waals surface area contributed by atoms with Gasteiger partial charge in [0.1, 0.15) is 0 Å². The Kier molecular flexibility index (Phi) is 3.09. The van der Waals surface area contributed by atoms with Gasteiger partial charge in [0.15, 0.2) is 0 Å². The van der Waals surface area contributed by atoms with Gasteiger partial charge >= 0.3 is 0 Å². The van der Waals surface area contributed by atoms with Crippen molar-refractivity contribution in [2.24, 2.45) is 0 Å². The van der Waals surface area contributed by atoms with E-state index in [4.69, 9.17) is 5.73 Å². The number of anilines is 2. The van der Waals surface area contributed by atoms with Crippen LogP contribution in [0.5, 0.6) is 0 Å². The average molecular weight is 269 g/mol. The Balaban J connectivity index is 1.89. The van der Waals surface area contributed by atoms with Gasteiger partial charge < -0.3 is 11.1 Å². The van der Waals surface area contributed by atoms with Crippen LogP contribution >= 0.6 is 11.3 Å². The van der Waals surface area contributed by atoms with Crippen LogP contribution in [0.4, 0.5) is 11.4 Å². The highest BCUT2D eigenvalue weighted by molar-refractivity contribution is 7.10. The van der Waals surface area contributed by atoms with Crippen molar-refractivity contribution in [3.05, 3.63) is 52.3 Å². The molecule has 0 unspecified atom stereocenters. The third kappa shape index (κ3) is 2.27. The number of nitrogens with two attached hydrogens (primary N) is 1. The molecule has 0 saturated carbocycles. The summed E-state index contributed by atoms with van der Waals surface area (Å²) in [5.41, 5.74) is 10.2. The van der Waals surface area contributed by atoms with Gasteiger partial charge in [0.25, 0.3) is 0 Å². The van der Waals surface area contributed by atoms with Crippen molar-refractivity contribution >= 4 is 33.6 Å². The van der Waals surface area contributed by atoms with E-state index in [0.29, 0.717) is 0 Å². The molecular weight excluding hydrogens is 254 g/mol. The summed E-state index contributed by atoms with van der Waals surface area (Å²) in [4.78, 5) is 5.64. The molecule has 0 aliphatic carbocycles. The minimum Gasteiger partial charge on any atom is -0.397 e. The van der Waals surface area contributed by atoms with Crippen molar-refractivity contribution in [1.82, 2.24) is 4.98 Å². The van der Waals surface area contributed by atoms with Gasteiger partial charge in [-0.25, -0.2) is 0 Å². The van der Waals surface area contributed by atoms with Gasteiger partial charge in [0.2, 0.25) is 0 Å². The average Bonchev–Trinajstić information content (AvgIpc) is 2.84. The predicted molar refractivity (Wildman–Crippen MR) is 82.5 cm³/mol. The van der Waals surface area contributed by atoms with Crippen molar-refractivity contribution in [1.29, 1.82) is 0 Å². The van der Waals surface area contributed by atoms with Crippen LogP contribution in [0.15, 0.2) is 41.9 Å². The summed E-state index contributed by atoms with van der Waals surface area (Å²) in [6.45, 7) is 2.93. The van der Waals surface area contributed by atoms with Crippen molar-refractivity contribution in [2.75, 3.05) is 11.1 Å². The molecule has 3 rings (SSSR count). The summed E-state index contributed by atoms with van der Waals surface area (Å²) in [6, 6.07) is 10.0. The molecule has 3 aromatic rings. The van der Waals surface area contributed by atoms with Crippen LogP contribution in [0.25, 0.3) is 10.9 Å². The fraction of sp³-hybridized carbons (Fsp3) is 0.133. The van der Waals surface area contributed by atoms with Crippen molar-refractivity contribution < 1.29 is 0 Å². The highest BCUT2D eigenvalue weighted by Gasteiger charge is 2.05. The molecule has 0 bridgehead atoms. The summed E-state index contributed by atoms with van der Waals surface area (Å²) in [5.74, 6) is 0. The summed E-state index contributed by atoms with van der Waals surface area (Å²) < 4.78 is 0. The van der Waals surface area contributed by atoms with Crippen LogP contribution in [0.2, 0.25) is 0 Å². The fourth-order valence-electron chi connectivity index (χ4n) is 2.09. The van der Waals surface area contributed by atoms with Gasteiger partial charge in [0.05, 0.1) is 16.9 Å². The number of nitrogens with one attached hydrogen (secondary N) is 1. The molecule has 96 valence electrons. The Morgan fingerprint density at radius 3 is 2.95 bits per heavy atom. The summed E-state index contributed by atoms with van der Waals surface area (Å²) in [5, 5.41) is 6.51. The molecule has 4 heteroatoms. The Bertz CT molecular complexity index is 718. The Labute approximate surface area is 116 Å². The second kappa shape index (κ2) is 4.90. The van der Waals surface area contributed by atoms with Crippen molar-refractivity contribution in [3.63, 3.8) is 0 Å². The SMILES string of the molecule is Cc1ccsc1CNc1ccc2ncccc2c1N. The van der Waals surface area contributed by atoms with Crippen LogP contribution in [-0.2, 0) is 6.54 Å². The van der Waals surface area contributed by atoms with Crippen LogP contribution in [0.1, 0.15) is 10.4 Å². The van der Waals surface area contributed by atoms with E-state index in [1.807, 2.05) is 24.3 Å². The zero-order valence-corrected chi connectivity index (χ0v) is 11.5. The summed E-state index contributed by atoms with van der Waals surface area (Å²) in [7, 11) is 0. The highest BCUT2D eigenvalue weighted by atomic mass is 32.1. The zero-order valence-electron chi connectivity index (χ0n) is 10.7. The van der Waals surface area contributed by atoms with Gasteiger partial charge in [-0.15, -0.1) is 11.3 Å². The van der Waals surface area contributed by atoms with Crippen LogP contribution in [-0.4, -0.2) is 4.98 Å². The highest BCUT2D eigenvalue weighted by Crippen LogP contribution is 2.28. The quantitative estimate of drug-likeness (QED) is 0.711. The summed E-state index contributed by atoms with van der Waals surface area (Å²) >= 11 is 1.76. The molecule has 0 saturated heterocycles. The minimum absolute atomic E-state index is 0.764. The lowest BCUT2D eigenvalue weighted by molar-refractivity contribution is 1.17. The molecule has 2 aromatic heterocycles. The molecule has 0 radical (unpaired) electrons. The zero-order chi connectivity index (χ0) is 13.2. The number of rotatable bonds is 3. The minimum atomic E-state index is 0.764. The van der Waals surface area contributed by atoms with E-state index in [1.54, 1.807) is 17.5 Å². The maximum absolute atomic E-state index is 6.20. The van der Waals surface area contributed by atoms with E-state index < -0.39 is 0 Å². The monoisotopic (exact) mass is 269 g/mol. The van der Waals surface area contributed by atoms with Crippen LogP contribution in [0, 0.1) is 6.92 Å². The number of nitrogen functional groups attached to an aromatic ring is 1. The molecule has 0 spiro atoms. The topological polar surface area (TPSA) is 50.9 Å². The lowest BCUT2D eigenvalue weighted by atomic mass is 10.1. The molecule has 3 N–H and O–H groups in total. The molecule has 0 amide bonds. The molecule has 0 fully saturated rings. The molecule has 0 aliphatic heterocycles. The standard InChI is InChI=1S/C15H15N3S/c1-10-6-8-19-14(10)9-18-13-5-4-12-11(15(13)16)3-2-7-17-12/h2-8,18H,9,16H2,1H3. The normalized spacial score (nSPS) is 10.8. The second-order valence-corrected chi connectivity index (χ2v) is 5.48. The molecule has 3 nitrogen and oxygen atoms in total. The number of benzene rings is 1. The molecule has 19 heavy (non-hydrogen) atoms. The van der Waals surface area contributed by atoms with E-state index in [0.717, 1.165) is 28.8 Å². The molecular formula is C15H15N3S. The summed E-state index contributed by atoms with van der Waals surface area (Å²) in [6.07, 6.45) is 1.78. The first-order valence-electron chi connectivity index (χ1n) is 6.16. The van der Waals surface area contributed by atoms with E-state index in [9.17, 15) is 0 Å². The van der Waals surface area contributed by atoms with Crippen LogP contribution < -0.4 is 11.1 Å². The smallest absolute Gasteiger partial charge is 0.0724 e. The van der Waals surface area contributed by atoms with Gasteiger partial charge in [0, 0.05) is 23.0 Å². The number of aromatic nitrogens is 1. The van der Waals surface area contributed by atoms with Crippen LogP contribution in [0.3, 0.4) is 0 Å². The Hall–Kier alpha value is -2.07. The third-order valence-corrected chi connectivity index (χ3v) is 4.26. The van der Waals surface area contributed by atoms with E-state index in [-0.39, 0.29) is 0 Å². The molecule has 1 aromatic carbocycles. The van der Waals surface area contributed by atoms with E-state index in [2.05, 4.69) is 28.7 Å². The van der Waals surface area contributed by atoms with Crippen molar-refractivity contribution in [2.45, 2.75) is 13.5 Å². The number of nitrogens with zero attached hydrogens (tertiary/aromatic N) is 1. The third-order valence-electron chi connectivity index (χ3n) is 3.23. The first-order chi connectivity index (χ1) is 9.25. The molecule has 2 heterocycles. The molecule has 0 atom stereocenters.